The average Bonchev–Trinajstić information content (AvgIpc) is 2.74. The first-order valence-corrected chi connectivity index (χ1v) is 7.16. The highest BCUT2D eigenvalue weighted by Gasteiger charge is 2.19. The van der Waals surface area contributed by atoms with Crippen LogP contribution in [0.15, 0.2) is 16.3 Å². The van der Waals surface area contributed by atoms with Gasteiger partial charge in [-0.15, -0.1) is 11.3 Å². The molecule has 0 fully saturated rings. The van der Waals surface area contributed by atoms with Crippen LogP contribution in [-0.2, 0) is 21.3 Å². The molecule has 1 aromatic heterocycles. The minimum atomic E-state index is -3.46. The SMILES string of the molecule is COC(C)CNS(=O)(=O)c1ccsc1CN. The summed E-state index contributed by atoms with van der Waals surface area (Å²) in [5.74, 6) is 0. The monoisotopic (exact) mass is 264 g/mol. The Morgan fingerprint density at radius 1 is 1.62 bits per heavy atom. The van der Waals surface area contributed by atoms with Crippen LogP contribution in [0.2, 0.25) is 0 Å². The fourth-order valence-corrected chi connectivity index (χ4v) is 3.55. The van der Waals surface area contributed by atoms with E-state index in [4.69, 9.17) is 10.5 Å². The number of methoxy groups -OCH3 is 1. The molecule has 1 heterocycles. The molecular weight excluding hydrogens is 248 g/mol. The molecular formula is C9H16N2O3S2. The zero-order valence-corrected chi connectivity index (χ0v) is 10.9. The highest BCUT2D eigenvalue weighted by Crippen LogP contribution is 2.20. The molecule has 5 nitrogen and oxygen atoms in total. The van der Waals surface area contributed by atoms with E-state index in [-0.39, 0.29) is 24.1 Å². The third-order valence-corrected chi connectivity index (χ3v) is 4.72. The number of ether oxygens (including phenoxy) is 1. The van der Waals surface area contributed by atoms with Crippen LogP contribution in [0.3, 0.4) is 0 Å². The molecule has 1 rings (SSSR count). The quantitative estimate of drug-likeness (QED) is 0.785. The zero-order chi connectivity index (χ0) is 12.2. The highest BCUT2D eigenvalue weighted by atomic mass is 32.2. The van der Waals surface area contributed by atoms with Gasteiger partial charge in [0.25, 0.3) is 0 Å². The van der Waals surface area contributed by atoms with E-state index in [0.29, 0.717) is 4.88 Å². The van der Waals surface area contributed by atoms with Crippen molar-refractivity contribution in [1.29, 1.82) is 0 Å². The van der Waals surface area contributed by atoms with Crippen molar-refractivity contribution in [1.82, 2.24) is 4.72 Å². The third-order valence-electron chi connectivity index (χ3n) is 2.14. The van der Waals surface area contributed by atoms with E-state index in [1.165, 1.54) is 18.4 Å². The predicted molar refractivity (Wildman–Crippen MR) is 63.9 cm³/mol. The van der Waals surface area contributed by atoms with Gasteiger partial charge in [-0.25, -0.2) is 13.1 Å². The van der Waals surface area contributed by atoms with Crippen molar-refractivity contribution in [2.45, 2.75) is 24.5 Å². The summed E-state index contributed by atoms with van der Waals surface area (Å²) in [5, 5.41) is 1.72. The molecule has 0 radical (unpaired) electrons. The molecule has 1 aromatic rings. The van der Waals surface area contributed by atoms with Crippen LogP contribution in [-0.4, -0.2) is 28.2 Å². The van der Waals surface area contributed by atoms with E-state index in [9.17, 15) is 8.42 Å². The summed E-state index contributed by atoms with van der Waals surface area (Å²) in [4.78, 5) is 0.931. The predicted octanol–water partition coefficient (Wildman–Crippen LogP) is 0.520. The average molecular weight is 264 g/mol. The van der Waals surface area contributed by atoms with Gasteiger partial charge in [0.05, 0.1) is 11.0 Å². The topological polar surface area (TPSA) is 81.4 Å². The summed E-state index contributed by atoms with van der Waals surface area (Å²) in [6.07, 6.45) is -0.158. The fraction of sp³-hybridized carbons (Fsp3) is 0.556. The lowest BCUT2D eigenvalue weighted by molar-refractivity contribution is 0.122. The number of thiophene rings is 1. The highest BCUT2D eigenvalue weighted by molar-refractivity contribution is 7.89. The number of sulfonamides is 1. The lowest BCUT2D eigenvalue weighted by Crippen LogP contribution is -2.32. The molecule has 0 aliphatic rings. The zero-order valence-electron chi connectivity index (χ0n) is 9.26. The first kappa shape index (κ1) is 13.6. The Morgan fingerprint density at radius 2 is 2.31 bits per heavy atom. The molecule has 92 valence electrons. The maximum absolute atomic E-state index is 11.9. The van der Waals surface area contributed by atoms with E-state index in [0.717, 1.165) is 0 Å². The smallest absolute Gasteiger partial charge is 0.241 e. The fourth-order valence-electron chi connectivity index (χ4n) is 1.11. The molecule has 0 bridgehead atoms. The van der Waals surface area contributed by atoms with Crippen molar-refractivity contribution in [3.8, 4) is 0 Å². The summed E-state index contributed by atoms with van der Waals surface area (Å²) < 4.78 is 31.2. The largest absolute Gasteiger partial charge is 0.380 e. The van der Waals surface area contributed by atoms with E-state index in [2.05, 4.69) is 4.72 Å². The first-order chi connectivity index (χ1) is 7.51. The molecule has 0 aliphatic heterocycles. The van der Waals surface area contributed by atoms with Crippen LogP contribution in [0.5, 0.6) is 0 Å². The van der Waals surface area contributed by atoms with Crippen LogP contribution in [0, 0.1) is 0 Å². The lowest BCUT2D eigenvalue weighted by atomic mass is 10.4. The maximum Gasteiger partial charge on any atom is 0.241 e. The molecule has 1 atom stereocenters. The number of hydrogen-bond donors (Lipinski definition) is 2. The van der Waals surface area contributed by atoms with Gasteiger partial charge in [0, 0.05) is 25.1 Å². The van der Waals surface area contributed by atoms with Gasteiger partial charge < -0.3 is 10.5 Å². The van der Waals surface area contributed by atoms with Gasteiger partial charge in [0.15, 0.2) is 0 Å². The minimum Gasteiger partial charge on any atom is -0.380 e. The Hall–Kier alpha value is -0.470. The molecule has 0 aliphatic carbocycles. The van der Waals surface area contributed by atoms with E-state index < -0.39 is 10.0 Å². The normalized spacial score (nSPS) is 13.9. The van der Waals surface area contributed by atoms with Crippen molar-refractivity contribution in [3.05, 3.63) is 16.3 Å². The van der Waals surface area contributed by atoms with Crippen LogP contribution in [0.4, 0.5) is 0 Å². The van der Waals surface area contributed by atoms with Crippen molar-refractivity contribution in [2.24, 2.45) is 5.73 Å². The second-order valence-corrected chi connectivity index (χ2v) is 6.05. The number of nitrogens with one attached hydrogen (secondary N) is 1. The molecule has 0 saturated heterocycles. The molecule has 0 aromatic carbocycles. The first-order valence-electron chi connectivity index (χ1n) is 4.80. The Bertz CT molecular complexity index is 428. The van der Waals surface area contributed by atoms with Crippen LogP contribution >= 0.6 is 11.3 Å². The Labute approximate surface area is 99.7 Å². The molecule has 16 heavy (non-hydrogen) atoms. The lowest BCUT2D eigenvalue weighted by Gasteiger charge is -2.11. The van der Waals surface area contributed by atoms with Gasteiger partial charge in [-0.3, -0.25) is 0 Å². The maximum atomic E-state index is 11.9. The standard InChI is InChI=1S/C9H16N2O3S2/c1-7(14-2)6-11-16(12,13)9-3-4-15-8(9)5-10/h3-4,7,11H,5-6,10H2,1-2H3. The van der Waals surface area contributed by atoms with Crippen molar-refractivity contribution in [2.75, 3.05) is 13.7 Å². The molecule has 1 unspecified atom stereocenters. The van der Waals surface area contributed by atoms with Crippen LogP contribution in [0.1, 0.15) is 11.8 Å². The molecule has 0 amide bonds. The molecule has 7 heteroatoms. The summed E-state index contributed by atoms with van der Waals surface area (Å²) in [6, 6.07) is 1.56. The Balaban J connectivity index is 2.78. The minimum absolute atomic E-state index is 0.158. The van der Waals surface area contributed by atoms with Gasteiger partial charge in [-0.2, -0.15) is 0 Å². The third kappa shape index (κ3) is 3.26. The Kier molecular flexibility index (Phi) is 4.88. The molecule has 3 N–H and O–H groups in total. The number of rotatable bonds is 6. The van der Waals surface area contributed by atoms with Crippen molar-refractivity contribution >= 4 is 21.4 Å². The van der Waals surface area contributed by atoms with Crippen LogP contribution in [0.25, 0.3) is 0 Å². The van der Waals surface area contributed by atoms with Gasteiger partial charge >= 0.3 is 0 Å². The van der Waals surface area contributed by atoms with E-state index in [1.54, 1.807) is 18.4 Å². The van der Waals surface area contributed by atoms with Crippen molar-refractivity contribution < 1.29 is 13.2 Å². The summed E-state index contributed by atoms with van der Waals surface area (Å²) in [6.45, 7) is 2.27. The van der Waals surface area contributed by atoms with Gasteiger partial charge in [0.2, 0.25) is 10.0 Å². The number of hydrogen-bond acceptors (Lipinski definition) is 5. The summed E-state index contributed by atoms with van der Waals surface area (Å²) >= 11 is 1.34. The van der Waals surface area contributed by atoms with E-state index >= 15 is 0 Å². The van der Waals surface area contributed by atoms with Gasteiger partial charge in [-0.05, 0) is 18.4 Å². The van der Waals surface area contributed by atoms with Crippen molar-refractivity contribution in [3.63, 3.8) is 0 Å². The van der Waals surface area contributed by atoms with Gasteiger partial charge in [-0.1, -0.05) is 0 Å². The molecule has 0 spiro atoms. The second kappa shape index (κ2) is 5.74. The van der Waals surface area contributed by atoms with Gasteiger partial charge in [0.1, 0.15) is 0 Å². The second-order valence-electron chi connectivity index (χ2n) is 3.31. The Morgan fingerprint density at radius 3 is 2.88 bits per heavy atom. The van der Waals surface area contributed by atoms with E-state index in [1.807, 2.05) is 0 Å². The summed E-state index contributed by atoms with van der Waals surface area (Å²) in [5.41, 5.74) is 5.47. The number of nitrogens with two attached hydrogens (primary N) is 1. The van der Waals surface area contributed by atoms with Crippen LogP contribution < -0.4 is 10.5 Å². The molecule has 0 saturated carbocycles. The summed E-state index contributed by atoms with van der Waals surface area (Å²) in [7, 11) is -1.93.